The molecule has 0 unspecified atom stereocenters. The molecule has 2 aromatic carbocycles. The number of aryl methyl sites for hydroxylation is 1. The third kappa shape index (κ3) is 8.09. The predicted octanol–water partition coefficient (Wildman–Crippen LogP) is 3.29. The molecule has 0 aliphatic carbocycles. The van der Waals surface area contributed by atoms with Crippen LogP contribution in [0.3, 0.4) is 0 Å². The largest absolute Gasteiger partial charge is 0.356 e. The van der Waals surface area contributed by atoms with Crippen LogP contribution in [0, 0.1) is 0 Å². The van der Waals surface area contributed by atoms with E-state index in [1.807, 2.05) is 32.0 Å². The van der Waals surface area contributed by atoms with Crippen LogP contribution < -0.4 is 5.32 Å². The number of hydrogen-bond acceptors (Lipinski definition) is 4. The summed E-state index contributed by atoms with van der Waals surface area (Å²) in [6.07, 6.45) is 1.88. The maximum absolute atomic E-state index is 12.5. The van der Waals surface area contributed by atoms with Gasteiger partial charge in [-0.3, -0.25) is 4.79 Å². The average molecular weight is 446 g/mol. The van der Waals surface area contributed by atoms with Crippen LogP contribution in [0.25, 0.3) is 0 Å². The lowest BCUT2D eigenvalue weighted by Crippen LogP contribution is -2.30. The van der Waals surface area contributed by atoms with Crippen LogP contribution in [0.15, 0.2) is 59.5 Å². The summed E-state index contributed by atoms with van der Waals surface area (Å²) in [5, 5.41) is 2.97. The second kappa shape index (κ2) is 12.6. The van der Waals surface area contributed by atoms with Crippen LogP contribution in [0.1, 0.15) is 37.8 Å². The molecular formula is C24H35N3O3S. The third-order valence-electron chi connectivity index (χ3n) is 5.24. The van der Waals surface area contributed by atoms with Gasteiger partial charge in [-0.1, -0.05) is 56.3 Å². The summed E-state index contributed by atoms with van der Waals surface area (Å²) >= 11 is 0. The number of nitrogens with one attached hydrogen (secondary N) is 1. The van der Waals surface area contributed by atoms with E-state index in [0.29, 0.717) is 37.4 Å². The van der Waals surface area contributed by atoms with Gasteiger partial charge in [0, 0.05) is 32.6 Å². The van der Waals surface area contributed by atoms with Gasteiger partial charge in [-0.05, 0) is 49.7 Å². The molecule has 0 aliphatic rings. The fourth-order valence-corrected chi connectivity index (χ4v) is 4.90. The summed E-state index contributed by atoms with van der Waals surface area (Å²) < 4.78 is 26.5. The van der Waals surface area contributed by atoms with Crippen molar-refractivity contribution >= 4 is 15.9 Å². The van der Waals surface area contributed by atoms with Gasteiger partial charge >= 0.3 is 0 Å². The van der Waals surface area contributed by atoms with Crippen LogP contribution in [0.2, 0.25) is 0 Å². The number of carbonyl (C=O) groups is 1. The molecule has 0 saturated carbocycles. The lowest BCUT2D eigenvalue weighted by Gasteiger charge is -2.18. The van der Waals surface area contributed by atoms with Crippen molar-refractivity contribution in [1.82, 2.24) is 14.5 Å². The second-order valence-electron chi connectivity index (χ2n) is 7.66. The van der Waals surface area contributed by atoms with Gasteiger partial charge in [0.15, 0.2) is 0 Å². The van der Waals surface area contributed by atoms with E-state index in [2.05, 4.69) is 29.4 Å². The zero-order valence-electron chi connectivity index (χ0n) is 18.9. The molecule has 170 valence electrons. The van der Waals surface area contributed by atoms with E-state index >= 15 is 0 Å². The Morgan fingerprint density at radius 2 is 1.58 bits per heavy atom. The normalized spacial score (nSPS) is 11.8. The van der Waals surface area contributed by atoms with Crippen molar-refractivity contribution in [1.29, 1.82) is 0 Å². The van der Waals surface area contributed by atoms with E-state index in [1.165, 1.54) is 9.87 Å². The Hall–Kier alpha value is -2.22. The van der Waals surface area contributed by atoms with Crippen molar-refractivity contribution in [3.63, 3.8) is 0 Å². The Balaban J connectivity index is 1.69. The van der Waals surface area contributed by atoms with Crippen molar-refractivity contribution in [3.8, 4) is 0 Å². The average Bonchev–Trinajstić information content (AvgIpc) is 2.77. The summed E-state index contributed by atoms with van der Waals surface area (Å²) in [7, 11) is -1.36. The minimum Gasteiger partial charge on any atom is -0.356 e. The number of carbonyl (C=O) groups excluding carboxylic acids is 1. The first-order chi connectivity index (χ1) is 14.9. The van der Waals surface area contributed by atoms with Crippen molar-refractivity contribution in [3.05, 3.63) is 65.7 Å². The van der Waals surface area contributed by atoms with Crippen LogP contribution >= 0.6 is 0 Å². The first kappa shape index (κ1) is 25.0. The summed E-state index contributed by atoms with van der Waals surface area (Å²) in [5.41, 5.74) is 2.24. The lowest BCUT2D eigenvalue weighted by atomic mass is 10.1. The molecule has 0 aromatic heterocycles. The molecule has 7 heteroatoms. The Kier molecular flexibility index (Phi) is 10.2. The van der Waals surface area contributed by atoms with Crippen molar-refractivity contribution in [2.24, 2.45) is 0 Å². The quantitative estimate of drug-likeness (QED) is 0.481. The topological polar surface area (TPSA) is 69.7 Å². The molecule has 0 spiro atoms. The standard InChI is InChI=1S/C24H35N3O3S/c1-4-27(5-2)31(29,30)23-15-12-21(13-16-23)14-17-24(28)25-18-9-19-26(3)20-22-10-7-6-8-11-22/h6-8,10-13,15-16H,4-5,9,14,17-20H2,1-3H3,(H,25,28). The molecule has 6 nitrogen and oxygen atoms in total. The van der Waals surface area contributed by atoms with Gasteiger partial charge in [-0.15, -0.1) is 0 Å². The number of rotatable bonds is 13. The van der Waals surface area contributed by atoms with E-state index in [-0.39, 0.29) is 5.91 Å². The SMILES string of the molecule is CCN(CC)S(=O)(=O)c1ccc(CCC(=O)NCCCN(C)Cc2ccccc2)cc1. The van der Waals surface area contributed by atoms with Gasteiger partial charge in [0.1, 0.15) is 0 Å². The van der Waals surface area contributed by atoms with Crippen molar-refractivity contribution in [2.45, 2.75) is 44.6 Å². The zero-order valence-corrected chi connectivity index (χ0v) is 19.7. The lowest BCUT2D eigenvalue weighted by molar-refractivity contribution is -0.121. The molecule has 2 rings (SSSR count). The summed E-state index contributed by atoms with van der Waals surface area (Å²) in [5.74, 6) is 0.0190. The maximum Gasteiger partial charge on any atom is 0.243 e. The molecule has 0 radical (unpaired) electrons. The highest BCUT2D eigenvalue weighted by atomic mass is 32.2. The number of amides is 1. The first-order valence-corrected chi connectivity index (χ1v) is 12.4. The van der Waals surface area contributed by atoms with Gasteiger partial charge in [0.05, 0.1) is 4.90 Å². The molecular weight excluding hydrogens is 410 g/mol. The molecule has 1 N–H and O–H groups in total. The maximum atomic E-state index is 12.5. The zero-order chi connectivity index (χ0) is 22.7. The molecule has 2 aromatic rings. The molecule has 0 heterocycles. The molecule has 0 aliphatic heterocycles. The highest BCUT2D eigenvalue weighted by Crippen LogP contribution is 2.16. The minimum absolute atomic E-state index is 0.0190. The van der Waals surface area contributed by atoms with E-state index in [1.54, 1.807) is 24.3 Å². The van der Waals surface area contributed by atoms with Gasteiger partial charge in [0.2, 0.25) is 15.9 Å². The minimum atomic E-state index is -3.44. The third-order valence-corrected chi connectivity index (χ3v) is 7.31. The van der Waals surface area contributed by atoms with Gasteiger partial charge in [-0.25, -0.2) is 8.42 Å². The highest BCUT2D eigenvalue weighted by Gasteiger charge is 2.21. The fraction of sp³-hybridized carbons (Fsp3) is 0.458. The smallest absolute Gasteiger partial charge is 0.243 e. The first-order valence-electron chi connectivity index (χ1n) is 10.9. The van der Waals surface area contributed by atoms with E-state index in [9.17, 15) is 13.2 Å². The summed E-state index contributed by atoms with van der Waals surface area (Å²) in [6, 6.07) is 17.2. The molecule has 0 fully saturated rings. The Morgan fingerprint density at radius 1 is 0.935 bits per heavy atom. The summed E-state index contributed by atoms with van der Waals surface area (Å²) in [6.45, 7) is 7.02. The monoisotopic (exact) mass is 445 g/mol. The Bertz CT molecular complexity index is 895. The number of benzene rings is 2. The number of sulfonamides is 1. The molecule has 0 atom stereocenters. The van der Waals surface area contributed by atoms with Crippen molar-refractivity contribution in [2.75, 3.05) is 33.2 Å². The van der Waals surface area contributed by atoms with Crippen molar-refractivity contribution < 1.29 is 13.2 Å². The predicted molar refractivity (Wildman–Crippen MR) is 125 cm³/mol. The van der Waals surface area contributed by atoms with Crippen LogP contribution in [-0.2, 0) is 27.8 Å². The van der Waals surface area contributed by atoms with Crippen LogP contribution in [0.4, 0.5) is 0 Å². The van der Waals surface area contributed by atoms with E-state index < -0.39 is 10.0 Å². The van der Waals surface area contributed by atoms with Gasteiger partial charge in [-0.2, -0.15) is 4.31 Å². The molecule has 0 bridgehead atoms. The van der Waals surface area contributed by atoms with Gasteiger partial charge in [0.25, 0.3) is 0 Å². The Labute approximate surface area is 187 Å². The highest BCUT2D eigenvalue weighted by molar-refractivity contribution is 7.89. The summed E-state index contributed by atoms with van der Waals surface area (Å²) in [4.78, 5) is 14.7. The fourth-order valence-electron chi connectivity index (χ4n) is 3.44. The van der Waals surface area contributed by atoms with Gasteiger partial charge < -0.3 is 10.2 Å². The Morgan fingerprint density at radius 3 is 2.19 bits per heavy atom. The number of hydrogen-bond donors (Lipinski definition) is 1. The van der Waals surface area contributed by atoms with E-state index in [4.69, 9.17) is 0 Å². The van der Waals surface area contributed by atoms with Crippen LogP contribution in [-0.4, -0.2) is 56.8 Å². The second-order valence-corrected chi connectivity index (χ2v) is 9.60. The van der Waals surface area contributed by atoms with Crippen LogP contribution in [0.5, 0.6) is 0 Å². The molecule has 31 heavy (non-hydrogen) atoms. The number of nitrogens with zero attached hydrogens (tertiary/aromatic N) is 2. The van der Waals surface area contributed by atoms with E-state index in [0.717, 1.165) is 25.1 Å². The molecule has 0 saturated heterocycles. The molecule has 1 amide bonds.